The number of nitrogens with one attached hydrogen (secondary N) is 1. The molecule has 0 spiro atoms. The molecule has 0 saturated heterocycles. The van der Waals surface area contributed by atoms with Crippen molar-refractivity contribution in [2.45, 2.75) is 19.5 Å². The Morgan fingerprint density at radius 2 is 1.69 bits per heavy atom. The Morgan fingerprint density at radius 1 is 0.938 bits per heavy atom. The second kappa shape index (κ2) is 10.7. The molecule has 1 heterocycles. The number of fused-ring (bicyclic) bond motifs is 1. The number of nitrogens with zero attached hydrogens (tertiary/aromatic N) is 2. The van der Waals surface area contributed by atoms with Gasteiger partial charge in [-0.3, -0.25) is 4.79 Å². The summed E-state index contributed by atoms with van der Waals surface area (Å²) in [5.74, 6) is 1.93. The molecule has 0 saturated carbocycles. The fraction of sp³-hybridized carbons (Fsp3) is 0.200. The Hall–Kier alpha value is -3.51. The molecule has 1 N–H and O–H groups in total. The number of benzene rings is 3. The topological polar surface area (TPSA) is 65.4 Å². The Kier molecular flexibility index (Phi) is 7.25. The van der Waals surface area contributed by atoms with Gasteiger partial charge in [0.2, 0.25) is 0 Å². The number of aryl methyl sites for hydroxylation is 1. The number of imidazole rings is 1. The summed E-state index contributed by atoms with van der Waals surface area (Å²) in [7, 11) is 0. The first kappa shape index (κ1) is 21.7. The molecule has 0 aliphatic carbocycles. The highest BCUT2D eigenvalue weighted by Crippen LogP contribution is 2.23. The van der Waals surface area contributed by atoms with Gasteiger partial charge in [-0.2, -0.15) is 0 Å². The van der Waals surface area contributed by atoms with Crippen LogP contribution >= 0.6 is 11.6 Å². The van der Waals surface area contributed by atoms with Crippen LogP contribution in [0.5, 0.6) is 11.5 Å². The lowest BCUT2D eigenvalue weighted by molar-refractivity contribution is -0.123. The van der Waals surface area contributed by atoms with E-state index in [9.17, 15) is 4.79 Å². The number of carbonyl (C=O) groups excluding carboxylic acids is 1. The minimum atomic E-state index is -0.200. The van der Waals surface area contributed by atoms with Gasteiger partial charge in [-0.1, -0.05) is 54.1 Å². The molecule has 0 aliphatic heterocycles. The van der Waals surface area contributed by atoms with Gasteiger partial charge in [0, 0.05) is 6.54 Å². The molecule has 0 radical (unpaired) electrons. The van der Waals surface area contributed by atoms with Crippen LogP contribution in [0.15, 0.2) is 78.9 Å². The van der Waals surface area contributed by atoms with E-state index < -0.39 is 0 Å². The molecule has 0 unspecified atom stereocenters. The maximum Gasteiger partial charge on any atom is 0.258 e. The summed E-state index contributed by atoms with van der Waals surface area (Å²) in [6.07, 6.45) is 0.768. The van der Waals surface area contributed by atoms with Gasteiger partial charge in [0.25, 0.3) is 5.91 Å². The molecule has 4 rings (SSSR count). The lowest BCUT2D eigenvalue weighted by Gasteiger charge is -2.12. The summed E-state index contributed by atoms with van der Waals surface area (Å²) >= 11 is 6.15. The third kappa shape index (κ3) is 5.59. The molecule has 4 aromatic rings. The summed E-state index contributed by atoms with van der Waals surface area (Å²) in [6.45, 7) is 1.50. The first-order chi connectivity index (χ1) is 15.7. The maximum atomic E-state index is 12.3. The van der Waals surface area contributed by atoms with E-state index in [1.54, 1.807) is 0 Å². The smallest absolute Gasteiger partial charge is 0.258 e. The van der Waals surface area contributed by atoms with Crippen LogP contribution in [-0.4, -0.2) is 28.7 Å². The second-order valence-electron chi connectivity index (χ2n) is 7.18. The van der Waals surface area contributed by atoms with Crippen molar-refractivity contribution in [1.82, 2.24) is 14.9 Å². The van der Waals surface area contributed by atoms with Gasteiger partial charge in [0.05, 0.1) is 29.2 Å². The maximum absolute atomic E-state index is 12.3. The molecular formula is C25H24ClN3O3. The van der Waals surface area contributed by atoms with Crippen molar-refractivity contribution in [3.8, 4) is 11.5 Å². The third-order valence-corrected chi connectivity index (χ3v) is 5.22. The Morgan fingerprint density at radius 3 is 2.53 bits per heavy atom. The van der Waals surface area contributed by atoms with Crippen molar-refractivity contribution in [1.29, 1.82) is 0 Å². The largest absolute Gasteiger partial charge is 0.492 e. The van der Waals surface area contributed by atoms with Crippen LogP contribution in [0.25, 0.3) is 11.0 Å². The number of carbonyl (C=O) groups is 1. The zero-order valence-electron chi connectivity index (χ0n) is 17.5. The molecule has 0 bridgehead atoms. The monoisotopic (exact) mass is 449 g/mol. The van der Waals surface area contributed by atoms with Crippen LogP contribution in [0.2, 0.25) is 5.02 Å². The first-order valence-corrected chi connectivity index (χ1v) is 10.8. The highest BCUT2D eigenvalue weighted by atomic mass is 35.5. The van der Waals surface area contributed by atoms with Crippen LogP contribution < -0.4 is 14.8 Å². The van der Waals surface area contributed by atoms with Crippen LogP contribution in [0.3, 0.4) is 0 Å². The van der Waals surface area contributed by atoms with Crippen molar-refractivity contribution in [2.24, 2.45) is 0 Å². The van der Waals surface area contributed by atoms with E-state index >= 15 is 0 Å². The summed E-state index contributed by atoms with van der Waals surface area (Å²) in [5, 5.41) is 3.50. The van der Waals surface area contributed by atoms with Crippen molar-refractivity contribution in [3.63, 3.8) is 0 Å². The average molecular weight is 450 g/mol. The van der Waals surface area contributed by atoms with E-state index in [4.69, 9.17) is 26.1 Å². The summed E-state index contributed by atoms with van der Waals surface area (Å²) in [6, 6.07) is 24.6. The zero-order valence-corrected chi connectivity index (χ0v) is 18.3. The number of amides is 1. The van der Waals surface area contributed by atoms with Crippen molar-refractivity contribution in [2.75, 3.05) is 13.2 Å². The number of para-hydroxylation sites is 4. The number of hydrogen-bond donors (Lipinski definition) is 1. The van der Waals surface area contributed by atoms with Crippen LogP contribution in [-0.2, 0) is 17.9 Å². The normalized spacial score (nSPS) is 10.8. The van der Waals surface area contributed by atoms with Gasteiger partial charge >= 0.3 is 0 Å². The van der Waals surface area contributed by atoms with E-state index in [2.05, 4.69) is 9.88 Å². The number of halogens is 1. The fourth-order valence-electron chi connectivity index (χ4n) is 3.37. The summed E-state index contributed by atoms with van der Waals surface area (Å²) in [4.78, 5) is 17.0. The molecule has 1 aromatic heterocycles. The average Bonchev–Trinajstić information content (AvgIpc) is 3.18. The van der Waals surface area contributed by atoms with E-state index in [1.165, 1.54) is 0 Å². The molecule has 7 heteroatoms. The Labute approximate surface area is 191 Å². The van der Waals surface area contributed by atoms with E-state index in [0.717, 1.165) is 23.3 Å². The fourth-order valence-corrected chi connectivity index (χ4v) is 3.56. The van der Waals surface area contributed by atoms with Crippen LogP contribution in [0, 0.1) is 0 Å². The SMILES string of the molecule is O=C(COc1ccccc1)NCc1nc2ccccc2n1CCCOc1ccccc1Cl. The minimum Gasteiger partial charge on any atom is -0.492 e. The lowest BCUT2D eigenvalue weighted by atomic mass is 10.3. The highest BCUT2D eigenvalue weighted by Gasteiger charge is 2.12. The quantitative estimate of drug-likeness (QED) is 0.351. The molecular weight excluding hydrogens is 426 g/mol. The molecule has 0 atom stereocenters. The molecule has 32 heavy (non-hydrogen) atoms. The Bertz CT molecular complexity index is 1180. The predicted octanol–water partition coefficient (Wildman–Crippen LogP) is 4.85. The van der Waals surface area contributed by atoms with E-state index in [-0.39, 0.29) is 12.5 Å². The van der Waals surface area contributed by atoms with Gasteiger partial charge in [0.1, 0.15) is 17.3 Å². The van der Waals surface area contributed by atoms with Crippen molar-refractivity contribution < 1.29 is 14.3 Å². The van der Waals surface area contributed by atoms with Crippen molar-refractivity contribution in [3.05, 3.63) is 89.7 Å². The van der Waals surface area contributed by atoms with Gasteiger partial charge in [-0.25, -0.2) is 4.98 Å². The molecule has 0 fully saturated rings. The third-order valence-electron chi connectivity index (χ3n) is 4.91. The predicted molar refractivity (Wildman–Crippen MR) is 125 cm³/mol. The number of hydrogen-bond acceptors (Lipinski definition) is 4. The van der Waals surface area contributed by atoms with Gasteiger partial charge < -0.3 is 19.4 Å². The van der Waals surface area contributed by atoms with Crippen LogP contribution in [0.1, 0.15) is 12.2 Å². The standard InChI is InChI=1S/C25H24ClN3O3/c26-20-11-4-7-14-23(20)31-16-8-15-29-22-13-6-5-12-21(22)28-24(29)17-27-25(30)18-32-19-9-2-1-3-10-19/h1-7,9-14H,8,15-18H2,(H,27,30). The summed E-state index contributed by atoms with van der Waals surface area (Å²) < 4.78 is 13.4. The molecule has 164 valence electrons. The first-order valence-electron chi connectivity index (χ1n) is 10.5. The molecule has 6 nitrogen and oxygen atoms in total. The van der Waals surface area contributed by atoms with E-state index in [0.29, 0.717) is 36.2 Å². The molecule has 1 amide bonds. The zero-order chi connectivity index (χ0) is 22.2. The highest BCUT2D eigenvalue weighted by molar-refractivity contribution is 6.32. The number of rotatable bonds is 10. The van der Waals surface area contributed by atoms with Gasteiger partial charge in [-0.15, -0.1) is 0 Å². The van der Waals surface area contributed by atoms with E-state index in [1.807, 2.05) is 78.9 Å². The number of aromatic nitrogens is 2. The number of ether oxygens (including phenoxy) is 2. The van der Waals surface area contributed by atoms with Gasteiger partial charge in [0.15, 0.2) is 6.61 Å². The lowest BCUT2D eigenvalue weighted by Crippen LogP contribution is -2.29. The minimum absolute atomic E-state index is 0.0457. The van der Waals surface area contributed by atoms with Gasteiger partial charge in [-0.05, 0) is 42.8 Å². The molecule has 3 aromatic carbocycles. The summed E-state index contributed by atoms with van der Waals surface area (Å²) in [5.41, 5.74) is 1.92. The van der Waals surface area contributed by atoms with Crippen molar-refractivity contribution >= 4 is 28.5 Å². The Balaban J connectivity index is 1.35. The molecule has 0 aliphatic rings. The van der Waals surface area contributed by atoms with Crippen LogP contribution in [0.4, 0.5) is 0 Å². The second-order valence-corrected chi connectivity index (χ2v) is 7.59.